The molecule has 9 heteroatoms. The van der Waals surface area contributed by atoms with Crippen molar-refractivity contribution in [3.63, 3.8) is 0 Å². The van der Waals surface area contributed by atoms with Crippen LogP contribution in [0.3, 0.4) is 0 Å². The van der Waals surface area contributed by atoms with Gasteiger partial charge in [0.1, 0.15) is 6.17 Å². The van der Waals surface area contributed by atoms with Crippen LogP contribution in [0.25, 0.3) is 0 Å². The van der Waals surface area contributed by atoms with E-state index in [-0.39, 0.29) is 24.3 Å². The van der Waals surface area contributed by atoms with Crippen molar-refractivity contribution >= 4 is 33.7 Å². The van der Waals surface area contributed by atoms with Crippen molar-refractivity contribution < 1.29 is 18.4 Å². The van der Waals surface area contributed by atoms with Crippen LogP contribution in [0.2, 0.25) is 0 Å². The van der Waals surface area contributed by atoms with Crippen molar-refractivity contribution in [2.24, 2.45) is 0 Å². The first kappa shape index (κ1) is 18.4. The van der Waals surface area contributed by atoms with Crippen molar-refractivity contribution in [1.29, 1.82) is 0 Å². The van der Waals surface area contributed by atoms with Gasteiger partial charge in [-0.05, 0) is 30.2 Å². The summed E-state index contributed by atoms with van der Waals surface area (Å²) in [5.41, 5.74) is 0.998. The van der Waals surface area contributed by atoms with Gasteiger partial charge in [0.05, 0.1) is 18.9 Å². The molecule has 26 heavy (non-hydrogen) atoms. The van der Waals surface area contributed by atoms with Gasteiger partial charge >= 0.3 is 0 Å². The number of rotatable bonds is 5. The van der Waals surface area contributed by atoms with Crippen LogP contribution in [0.1, 0.15) is 28.3 Å². The van der Waals surface area contributed by atoms with E-state index >= 15 is 0 Å². The molecule has 1 aromatic heterocycles. The average molecular weight is 425 g/mol. The average Bonchev–Trinajstić information content (AvgIpc) is 3.33. The molecule has 1 N–H and O–H groups in total. The van der Waals surface area contributed by atoms with Gasteiger partial charge in [-0.15, -0.1) is 0 Å². The largest absolute Gasteiger partial charge is 0.332 e. The van der Waals surface area contributed by atoms with Gasteiger partial charge in [-0.3, -0.25) is 14.9 Å². The van der Waals surface area contributed by atoms with Crippen LogP contribution in [0.5, 0.6) is 0 Å². The van der Waals surface area contributed by atoms with Crippen molar-refractivity contribution in [2.45, 2.75) is 18.5 Å². The molecule has 2 amide bonds. The number of likely N-dealkylation sites (N-methyl/N-ethyl adjacent to an activating group) is 1. The second kappa shape index (κ2) is 7.45. The van der Waals surface area contributed by atoms with Gasteiger partial charge < -0.3 is 4.90 Å². The fraction of sp³-hybridized carbons (Fsp3) is 0.294. The standard InChI is InChI=1S/C17H15BrF2N4O2/c1-24(8-15(25)23-17-21-6-10(19)7-22-17)16(26)11-3-2-9(18)4-12(11)13-5-14(13)20/h2-4,6-7,13-14H,5,8H2,1H3,(H,21,22,23,25). The Morgan fingerprint density at radius 3 is 2.62 bits per heavy atom. The monoisotopic (exact) mass is 424 g/mol. The summed E-state index contributed by atoms with van der Waals surface area (Å²) in [6.07, 6.45) is 1.30. The number of amides is 2. The lowest BCUT2D eigenvalue weighted by Gasteiger charge is -2.18. The van der Waals surface area contributed by atoms with Crippen LogP contribution >= 0.6 is 15.9 Å². The second-order valence-electron chi connectivity index (χ2n) is 6.02. The lowest BCUT2D eigenvalue weighted by atomic mass is 10.0. The molecule has 136 valence electrons. The Hall–Kier alpha value is -2.42. The molecule has 1 fully saturated rings. The van der Waals surface area contributed by atoms with Crippen LogP contribution < -0.4 is 5.32 Å². The molecule has 2 atom stereocenters. The molecule has 3 rings (SSSR count). The third-order valence-electron chi connectivity index (χ3n) is 3.96. The molecule has 1 saturated carbocycles. The van der Waals surface area contributed by atoms with E-state index in [0.29, 0.717) is 17.5 Å². The maximum absolute atomic E-state index is 13.5. The van der Waals surface area contributed by atoms with E-state index in [2.05, 4.69) is 31.2 Å². The number of hydrogen-bond acceptors (Lipinski definition) is 4. The van der Waals surface area contributed by atoms with Gasteiger partial charge in [-0.2, -0.15) is 0 Å². The van der Waals surface area contributed by atoms with Crippen molar-refractivity contribution in [2.75, 3.05) is 18.9 Å². The summed E-state index contributed by atoms with van der Waals surface area (Å²) < 4.78 is 27.0. The van der Waals surface area contributed by atoms with Gasteiger partial charge in [-0.1, -0.05) is 15.9 Å². The number of carbonyl (C=O) groups is 2. The summed E-state index contributed by atoms with van der Waals surface area (Å²) >= 11 is 3.33. The molecule has 0 saturated heterocycles. The predicted octanol–water partition coefficient (Wildman–Crippen LogP) is 2.91. The van der Waals surface area contributed by atoms with Crippen LogP contribution in [-0.4, -0.2) is 46.4 Å². The number of nitrogens with zero attached hydrogens (tertiary/aromatic N) is 3. The molecule has 0 aliphatic heterocycles. The normalized spacial score (nSPS) is 18.3. The van der Waals surface area contributed by atoms with Crippen LogP contribution in [0.4, 0.5) is 14.7 Å². The lowest BCUT2D eigenvalue weighted by molar-refractivity contribution is -0.116. The number of benzene rings is 1. The number of aromatic nitrogens is 2. The number of nitrogens with one attached hydrogen (secondary N) is 1. The van der Waals surface area contributed by atoms with Gasteiger partial charge in [0, 0.05) is 23.0 Å². The van der Waals surface area contributed by atoms with E-state index in [1.165, 1.54) is 11.9 Å². The quantitative estimate of drug-likeness (QED) is 0.800. The van der Waals surface area contributed by atoms with Gasteiger partial charge in [0.25, 0.3) is 5.91 Å². The number of alkyl halides is 1. The second-order valence-corrected chi connectivity index (χ2v) is 6.94. The van der Waals surface area contributed by atoms with Crippen molar-refractivity contribution in [3.8, 4) is 0 Å². The Kier molecular flexibility index (Phi) is 5.26. The Labute approximate surface area is 156 Å². The highest BCUT2D eigenvalue weighted by atomic mass is 79.9. The number of hydrogen-bond donors (Lipinski definition) is 1. The van der Waals surface area contributed by atoms with Gasteiger partial charge in [0.2, 0.25) is 11.9 Å². The summed E-state index contributed by atoms with van der Waals surface area (Å²) in [6, 6.07) is 5.05. The molecule has 0 spiro atoms. The van der Waals surface area contributed by atoms with E-state index < -0.39 is 17.9 Å². The summed E-state index contributed by atoms with van der Waals surface area (Å²) in [7, 11) is 1.47. The summed E-state index contributed by atoms with van der Waals surface area (Å²) in [6.45, 7) is -0.251. The van der Waals surface area contributed by atoms with Crippen molar-refractivity contribution in [3.05, 3.63) is 52.0 Å². The molecule has 1 aliphatic rings. The molecule has 1 aromatic carbocycles. The SMILES string of the molecule is CN(CC(=O)Nc1ncc(F)cn1)C(=O)c1ccc(Br)cc1C1CC1F. The molecular weight excluding hydrogens is 410 g/mol. The minimum atomic E-state index is -0.944. The van der Waals surface area contributed by atoms with Crippen LogP contribution in [0, 0.1) is 5.82 Å². The minimum absolute atomic E-state index is 0.0557. The van der Waals surface area contributed by atoms with Crippen molar-refractivity contribution in [1.82, 2.24) is 14.9 Å². The van der Waals surface area contributed by atoms with E-state index in [4.69, 9.17) is 0 Å². The van der Waals surface area contributed by atoms with Crippen LogP contribution in [-0.2, 0) is 4.79 Å². The smallest absolute Gasteiger partial charge is 0.254 e. The highest BCUT2D eigenvalue weighted by Gasteiger charge is 2.41. The van der Waals surface area contributed by atoms with E-state index in [9.17, 15) is 18.4 Å². The fourth-order valence-electron chi connectivity index (χ4n) is 2.55. The van der Waals surface area contributed by atoms with Gasteiger partial charge in [-0.25, -0.2) is 18.7 Å². The molecule has 1 aliphatic carbocycles. The Balaban J connectivity index is 1.68. The predicted molar refractivity (Wildman–Crippen MR) is 94.0 cm³/mol. The summed E-state index contributed by atoms with van der Waals surface area (Å²) in [4.78, 5) is 33.2. The zero-order valence-corrected chi connectivity index (χ0v) is 15.3. The zero-order valence-electron chi connectivity index (χ0n) is 13.7. The molecule has 1 heterocycles. The number of anilines is 1. The topological polar surface area (TPSA) is 75.2 Å². The third-order valence-corrected chi connectivity index (χ3v) is 4.45. The maximum atomic E-state index is 13.5. The van der Waals surface area contributed by atoms with Gasteiger partial charge in [0.15, 0.2) is 5.82 Å². The lowest BCUT2D eigenvalue weighted by Crippen LogP contribution is -2.35. The molecule has 0 radical (unpaired) electrons. The highest BCUT2D eigenvalue weighted by Crippen LogP contribution is 2.45. The summed E-state index contributed by atoms with van der Waals surface area (Å²) in [5.74, 6) is -1.88. The van der Waals surface area contributed by atoms with E-state index in [1.54, 1.807) is 18.2 Å². The molecule has 6 nitrogen and oxygen atoms in total. The molecule has 2 unspecified atom stereocenters. The first-order valence-electron chi connectivity index (χ1n) is 7.81. The first-order chi connectivity index (χ1) is 12.3. The molecular formula is C17H15BrF2N4O2. The molecule has 2 aromatic rings. The number of halogens is 3. The Morgan fingerprint density at radius 1 is 1.35 bits per heavy atom. The molecule has 0 bridgehead atoms. The fourth-order valence-corrected chi connectivity index (χ4v) is 2.93. The Morgan fingerprint density at radius 2 is 2.00 bits per heavy atom. The van der Waals surface area contributed by atoms with E-state index in [0.717, 1.165) is 16.9 Å². The first-order valence-corrected chi connectivity index (χ1v) is 8.61. The van der Waals surface area contributed by atoms with E-state index in [1.807, 2.05) is 0 Å². The summed E-state index contributed by atoms with van der Waals surface area (Å²) in [5, 5.41) is 2.38. The Bertz CT molecular complexity index is 847. The zero-order chi connectivity index (χ0) is 18.8. The number of carbonyl (C=O) groups excluding carboxylic acids is 2. The minimum Gasteiger partial charge on any atom is -0.332 e. The highest BCUT2D eigenvalue weighted by molar-refractivity contribution is 9.10. The third kappa shape index (κ3) is 4.21. The maximum Gasteiger partial charge on any atom is 0.254 e. The van der Waals surface area contributed by atoms with Crippen LogP contribution in [0.15, 0.2) is 35.1 Å².